The van der Waals surface area contributed by atoms with E-state index in [1.165, 1.54) is 5.56 Å². The van der Waals surface area contributed by atoms with Gasteiger partial charge in [0.25, 0.3) is 5.82 Å². The van der Waals surface area contributed by atoms with Crippen LogP contribution < -0.4 is 17.1 Å². The molecule has 0 atom stereocenters. The van der Waals surface area contributed by atoms with Crippen molar-refractivity contribution in [3.63, 3.8) is 0 Å². The van der Waals surface area contributed by atoms with Crippen LogP contribution in [0, 0.1) is 0 Å². The smallest absolute Gasteiger partial charge is 0.300 e. The van der Waals surface area contributed by atoms with Gasteiger partial charge in [-0.2, -0.15) is 0 Å². The molecule has 2 rings (SSSR count). The molecule has 0 amide bonds. The maximum absolute atomic E-state index is 9.59. The van der Waals surface area contributed by atoms with Crippen LogP contribution in [0.5, 0.6) is 0 Å². The third kappa shape index (κ3) is 3.11. The number of rotatable bonds is 4. The zero-order valence-corrected chi connectivity index (χ0v) is 10.2. The van der Waals surface area contributed by atoms with Gasteiger partial charge in [-0.3, -0.25) is 0 Å². The summed E-state index contributed by atoms with van der Waals surface area (Å²) >= 11 is 0. The van der Waals surface area contributed by atoms with Crippen LogP contribution in [-0.4, -0.2) is 9.77 Å². The van der Waals surface area contributed by atoms with Crippen LogP contribution in [0.1, 0.15) is 11.4 Å². The number of halogens is 1. The van der Waals surface area contributed by atoms with E-state index < -0.39 is 0 Å². The minimum Gasteiger partial charge on any atom is -1.00 e. The molecule has 4 heteroatoms. The van der Waals surface area contributed by atoms with E-state index in [1.54, 1.807) is 12.3 Å². The second kappa shape index (κ2) is 6.11. The molecule has 0 saturated carbocycles. The first-order chi connectivity index (χ1) is 7.81. The summed E-state index contributed by atoms with van der Waals surface area (Å²) in [6, 6.07) is 10.2. The number of nitrogens with zero attached hydrogens (tertiary/aromatic N) is 2. The van der Waals surface area contributed by atoms with Crippen molar-refractivity contribution in [1.82, 2.24) is 4.57 Å². The third-order valence-corrected chi connectivity index (χ3v) is 2.51. The van der Waals surface area contributed by atoms with Gasteiger partial charge < -0.3 is 17.6 Å². The number of aromatic nitrogens is 2. The Hall–Kier alpha value is -1.74. The molecule has 0 bridgehead atoms. The molecule has 0 aliphatic carbocycles. The minimum atomic E-state index is 0. The molecule has 1 heterocycles. The summed E-state index contributed by atoms with van der Waals surface area (Å²) in [4.78, 5) is 0. The Morgan fingerprint density at radius 1 is 1.29 bits per heavy atom. The van der Waals surface area contributed by atoms with Crippen molar-refractivity contribution in [1.29, 1.82) is 0 Å². The number of benzene rings is 1. The molecule has 0 fully saturated rings. The van der Waals surface area contributed by atoms with Crippen molar-refractivity contribution in [3.8, 4) is 0 Å². The normalized spacial score (nSPS) is 9.65. The fourth-order valence-electron chi connectivity index (χ4n) is 1.71. The highest BCUT2D eigenvalue weighted by atomic mass is 35.5. The summed E-state index contributed by atoms with van der Waals surface area (Å²) < 4.78 is 3.15. The van der Waals surface area contributed by atoms with E-state index in [1.807, 2.05) is 29.0 Å². The maximum Gasteiger partial charge on any atom is 0.300 e. The lowest BCUT2D eigenvalue weighted by Gasteiger charge is -2.00. The maximum atomic E-state index is 9.59. The summed E-state index contributed by atoms with van der Waals surface area (Å²) in [6.45, 7) is 4.45. The Kier molecular flexibility index (Phi) is 4.79. The number of imidazole rings is 1. The Bertz CT molecular complexity index is 479. The Morgan fingerprint density at radius 3 is 2.65 bits per heavy atom. The molecule has 2 aromatic rings. The molecule has 1 aromatic carbocycles. The molecule has 1 aromatic heterocycles. The lowest BCUT2D eigenvalue weighted by Crippen LogP contribution is -3.00. The second-order valence-electron chi connectivity index (χ2n) is 3.67. The molecule has 90 valence electrons. The molecule has 1 N–H and O–H groups in total. The third-order valence-electron chi connectivity index (χ3n) is 2.51. The average molecular weight is 251 g/mol. The van der Waals surface area contributed by atoms with Gasteiger partial charge >= 0.3 is 0 Å². The monoisotopic (exact) mass is 250 g/mol. The standard InChI is InChI=1S/C13H15N2O.ClH/c1-2-6-13-14(9-10-15(13)16)11-12-7-4-3-5-8-12;/h2-5,7-10,16H,1,6,11H2;1H/q+1;/p-1. The minimum absolute atomic E-state index is 0. The number of allylic oxidation sites excluding steroid dienone is 1. The van der Waals surface area contributed by atoms with Crippen LogP contribution in [0.15, 0.2) is 55.4 Å². The van der Waals surface area contributed by atoms with Crippen molar-refractivity contribution in [3.05, 3.63) is 66.8 Å². The highest BCUT2D eigenvalue weighted by Gasteiger charge is 2.14. The van der Waals surface area contributed by atoms with Gasteiger partial charge in [0.15, 0.2) is 6.20 Å². The quantitative estimate of drug-likeness (QED) is 0.412. The lowest BCUT2D eigenvalue weighted by molar-refractivity contribution is -0.909. The summed E-state index contributed by atoms with van der Waals surface area (Å²) in [7, 11) is 0. The van der Waals surface area contributed by atoms with Crippen LogP contribution in [0.25, 0.3) is 0 Å². The summed E-state index contributed by atoms with van der Waals surface area (Å²) in [5.41, 5.74) is 1.21. The van der Waals surface area contributed by atoms with Crippen molar-refractivity contribution in [2.45, 2.75) is 13.0 Å². The molecule has 0 spiro atoms. The summed E-state index contributed by atoms with van der Waals surface area (Å²) in [6.07, 6.45) is 5.94. The first-order valence-corrected chi connectivity index (χ1v) is 5.25. The molecule has 0 saturated heterocycles. The Labute approximate surface area is 107 Å². The predicted octanol–water partition coefficient (Wildman–Crippen LogP) is -1.21. The second-order valence-corrected chi connectivity index (χ2v) is 3.67. The summed E-state index contributed by atoms with van der Waals surface area (Å²) in [5, 5.41) is 9.59. The molecule has 0 radical (unpaired) electrons. The number of hydrogen-bond acceptors (Lipinski definition) is 1. The SMILES string of the molecule is C=CCc1n(Cc2ccccc2)cc[n+]1O.[Cl-]. The zero-order valence-electron chi connectivity index (χ0n) is 9.46. The number of hydrogen-bond donors (Lipinski definition) is 1. The van der Waals surface area contributed by atoms with Crippen molar-refractivity contribution < 1.29 is 22.3 Å². The zero-order chi connectivity index (χ0) is 11.4. The fourth-order valence-corrected chi connectivity index (χ4v) is 1.71. The highest BCUT2D eigenvalue weighted by Crippen LogP contribution is 2.04. The molecule has 0 aliphatic rings. The van der Waals surface area contributed by atoms with Gasteiger partial charge in [-0.15, -0.1) is 6.58 Å². The van der Waals surface area contributed by atoms with E-state index in [4.69, 9.17) is 0 Å². The van der Waals surface area contributed by atoms with Crippen LogP contribution in [0.2, 0.25) is 0 Å². The van der Waals surface area contributed by atoms with Crippen LogP contribution >= 0.6 is 0 Å². The largest absolute Gasteiger partial charge is 1.00 e. The average Bonchev–Trinajstić information content (AvgIpc) is 2.64. The molecule has 3 nitrogen and oxygen atoms in total. The topological polar surface area (TPSA) is 29.0 Å². The Balaban J connectivity index is 0.00000144. The Morgan fingerprint density at radius 2 is 2.00 bits per heavy atom. The van der Waals surface area contributed by atoms with E-state index in [2.05, 4.69) is 18.7 Å². The van der Waals surface area contributed by atoms with Gasteiger partial charge in [-0.25, -0.2) is 4.57 Å². The van der Waals surface area contributed by atoms with E-state index in [-0.39, 0.29) is 12.4 Å². The van der Waals surface area contributed by atoms with Crippen LogP contribution in [0.4, 0.5) is 0 Å². The van der Waals surface area contributed by atoms with Crippen LogP contribution in [-0.2, 0) is 13.0 Å². The summed E-state index contributed by atoms with van der Waals surface area (Å²) in [5.74, 6) is 0.832. The highest BCUT2D eigenvalue weighted by molar-refractivity contribution is 5.15. The first kappa shape index (κ1) is 13.3. The van der Waals surface area contributed by atoms with Gasteiger partial charge in [0, 0.05) is 0 Å². The molecule has 0 aliphatic heterocycles. The van der Waals surface area contributed by atoms with Gasteiger partial charge in [0.05, 0.1) is 6.42 Å². The van der Waals surface area contributed by atoms with E-state index in [9.17, 15) is 5.21 Å². The van der Waals surface area contributed by atoms with Crippen molar-refractivity contribution in [2.24, 2.45) is 0 Å². The fraction of sp³-hybridized carbons (Fsp3) is 0.154. The van der Waals surface area contributed by atoms with E-state index in [0.717, 1.165) is 17.1 Å². The predicted molar refractivity (Wildman–Crippen MR) is 61.3 cm³/mol. The van der Waals surface area contributed by atoms with E-state index in [0.29, 0.717) is 6.42 Å². The van der Waals surface area contributed by atoms with Crippen molar-refractivity contribution in [2.75, 3.05) is 0 Å². The lowest BCUT2D eigenvalue weighted by atomic mass is 10.2. The van der Waals surface area contributed by atoms with Gasteiger partial charge in [-0.05, 0) is 5.56 Å². The van der Waals surface area contributed by atoms with E-state index >= 15 is 0 Å². The van der Waals surface area contributed by atoms with Crippen LogP contribution in [0.3, 0.4) is 0 Å². The van der Waals surface area contributed by atoms with Gasteiger partial charge in [-0.1, -0.05) is 41.1 Å². The molecule has 0 unspecified atom stereocenters. The van der Waals surface area contributed by atoms with Crippen molar-refractivity contribution >= 4 is 0 Å². The molecular weight excluding hydrogens is 236 g/mol. The first-order valence-electron chi connectivity index (χ1n) is 5.25. The van der Waals surface area contributed by atoms with Gasteiger partial charge in [0.1, 0.15) is 12.7 Å². The molecule has 17 heavy (non-hydrogen) atoms. The molecular formula is C13H15ClN2O. The van der Waals surface area contributed by atoms with Gasteiger partial charge in [0.2, 0.25) is 0 Å².